The standard InChI is InChI=1S/C21H30N6O2/c1-15-22-20-23-16(12-19(29)27(20)24-15)13-25-10-8-21(9-11-25)7-6-18(28)26(14-21)17-4-2-3-5-17/h12,17H,2-11,13-14H2,1H3,(H,22,23,24). The van der Waals surface area contributed by atoms with E-state index >= 15 is 0 Å². The average Bonchev–Trinajstić information content (AvgIpc) is 3.35. The van der Waals surface area contributed by atoms with Crippen LogP contribution in [0.15, 0.2) is 10.9 Å². The summed E-state index contributed by atoms with van der Waals surface area (Å²) in [5.41, 5.74) is 0.949. The largest absolute Gasteiger partial charge is 0.339 e. The first kappa shape index (κ1) is 18.8. The van der Waals surface area contributed by atoms with Gasteiger partial charge in [-0.15, -0.1) is 0 Å². The minimum Gasteiger partial charge on any atom is -0.339 e. The second kappa shape index (κ2) is 7.23. The molecular formula is C21H30N6O2. The van der Waals surface area contributed by atoms with Gasteiger partial charge in [-0.05, 0) is 57.5 Å². The number of nitrogens with zero attached hydrogens (tertiary/aromatic N) is 5. The molecule has 2 aliphatic heterocycles. The minimum atomic E-state index is -0.114. The highest BCUT2D eigenvalue weighted by molar-refractivity contribution is 5.77. The Hall–Kier alpha value is -2.22. The second-order valence-electron chi connectivity index (χ2n) is 9.27. The molecule has 1 spiro atoms. The first-order chi connectivity index (χ1) is 14.0. The number of H-pyrrole nitrogens is 1. The molecule has 1 aliphatic carbocycles. The third-order valence-electron chi connectivity index (χ3n) is 7.26. The van der Waals surface area contributed by atoms with Crippen LogP contribution < -0.4 is 5.56 Å². The van der Waals surface area contributed by atoms with Crippen molar-refractivity contribution in [3.8, 4) is 0 Å². The van der Waals surface area contributed by atoms with Gasteiger partial charge in [0.1, 0.15) is 5.82 Å². The van der Waals surface area contributed by atoms with Crippen LogP contribution in [-0.4, -0.2) is 61.0 Å². The van der Waals surface area contributed by atoms with Crippen LogP contribution in [-0.2, 0) is 11.3 Å². The summed E-state index contributed by atoms with van der Waals surface area (Å²) in [7, 11) is 0. The molecule has 29 heavy (non-hydrogen) atoms. The summed E-state index contributed by atoms with van der Waals surface area (Å²) < 4.78 is 1.39. The topological polar surface area (TPSA) is 86.6 Å². The number of aromatic nitrogens is 4. The van der Waals surface area contributed by atoms with Gasteiger partial charge in [0.2, 0.25) is 5.91 Å². The summed E-state index contributed by atoms with van der Waals surface area (Å²) in [4.78, 5) is 38.3. The molecule has 0 aromatic carbocycles. The van der Waals surface area contributed by atoms with Gasteiger partial charge in [-0.3, -0.25) is 19.6 Å². The third kappa shape index (κ3) is 3.58. The van der Waals surface area contributed by atoms with Gasteiger partial charge < -0.3 is 4.90 Å². The summed E-state index contributed by atoms with van der Waals surface area (Å²) in [6.07, 6.45) is 8.88. The van der Waals surface area contributed by atoms with Gasteiger partial charge >= 0.3 is 0 Å². The molecule has 5 rings (SSSR count). The van der Waals surface area contributed by atoms with Crippen LogP contribution in [0.1, 0.15) is 62.9 Å². The Morgan fingerprint density at radius 3 is 2.66 bits per heavy atom. The molecule has 2 aromatic heterocycles. The number of carbonyl (C=O) groups excluding carboxylic acids is 1. The minimum absolute atomic E-state index is 0.114. The zero-order chi connectivity index (χ0) is 20.0. The van der Waals surface area contributed by atoms with Crippen LogP contribution >= 0.6 is 0 Å². The van der Waals surface area contributed by atoms with E-state index in [-0.39, 0.29) is 11.0 Å². The van der Waals surface area contributed by atoms with E-state index in [1.165, 1.54) is 30.2 Å². The molecule has 0 unspecified atom stereocenters. The molecule has 3 aliphatic rings. The van der Waals surface area contributed by atoms with Crippen LogP contribution in [0.25, 0.3) is 5.78 Å². The van der Waals surface area contributed by atoms with Crippen LogP contribution in [0.5, 0.6) is 0 Å². The van der Waals surface area contributed by atoms with Gasteiger partial charge in [-0.25, -0.2) is 4.98 Å². The van der Waals surface area contributed by atoms with Crippen LogP contribution in [0.2, 0.25) is 0 Å². The fourth-order valence-corrected chi connectivity index (χ4v) is 5.53. The number of aryl methyl sites for hydroxylation is 1. The summed E-state index contributed by atoms with van der Waals surface area (Å²) in [5, 5.41) is 2.91. The molecule has 8 nitrogen and oxygen atoms in total. The van der Waals surface area contributed by atoms with Crippen molar-refractivity contribution in [3.63, 3.8) is 0 Å². The summed E-state index contributed by atoms with van der Waals surface area (Å²) in [5.74, 6) is 1.50. The lowest BCUT2D eigenvalue weighted by atomic mass is 9.72. The van der Waals surface area contributed by atoms with Crippen molar-refractivity contribution in [2.24, 2.45) is 5.41 Å². The van der Waals surface area contributed by atoms with Crippen molar-refractivity contribution in [3.05, 3.63) is 27.9 Å². The lowest BCUT2D eigenvalue weighted by Crippen LogP contribution is -2.53. The number of piperidine rings is 2. The molecule has 1 saturated carbocycles. The van der Waals surface area contributed by atoms with Crippen LogP contribution in [0.4, 0.5) is 0 Å². The van der Waals surface area contributed by atoms with E-state index in [1.54, 1.807) is 6.07 Å². The Morgan fingerprint density at radius 1 is 1.14 bits per heavy atom. The molecule has 1 amide bonds. The molecular weight excluding hydrogens is 368 g/mol. The fraction of sp³-hybridized carbons (Fsp3) is 0.714. The molecule has 2 aromatic rings. The maximum Gasteiger partial charge on any atom is 0.274 e. The number of likely N-dealkylation sites (tertiary alicyclic amines) is 2. The molecule has 0 bridgehead atoms. The lowest BCUT2D eigenvalue weighted by molar-refractivity contribution is -0.142. The Bertz CT molecular complexity index is 965. The zero-order valence-electron chi connectivity index (χ0n) is 17.2. The predicted octanol–water partition coefficient (Wildman–Crippen LogP) is 1.87. The number of fused-ring (bicyclic) bond motifs is 1. The Morgan fingerprint density at radius 2 is 1.90 bits per heavy atom. The van der Waals surface area contributed by atoms with Crippen molar-refractivity contribution < 1.29 is 4.79 Å². The highest BCUT2D eigenvalue weighted by atomic mass is 16.2. The maximum absolute atomic E-state index is 12.5. The number of carbonyl (C=O) groups is 1. The number of amides is 1. The van der Waals surface area contributed by atoms with Gasteiger partial charge in [-0.2, -0.15) is 9.50 Å². The molecule has 0 radical (unpaired) electrons. The molecule has 3 fully saturated rings. The number of rotatable bonds is 3. The molecule has 4 heterocycles. The van der Waals surface area contributed by atoms with Crippen molar-refractivity contribution in [2.45, 2.75) is 70.9 Å². The number of hydrogen-bond donors (Lipinski definition) is 1. The summed E-state index contributed by atoms with van der Waals surface area (Å²) >= 11 is 0. The first-order valence-corrected chi connectivity index (χ1v) is 11.0. The smallest absolute Gasteiger partial charge is 0.274 e. The monoisotopic (exact) mass is 398 g/mol. The molecule has 2 saturated heterocycles. The number of aromatic amines is 1. The summed E-state index contributed by atoms with van der Waals surface area (Å²) in [6, 6.07) is 2.09. The van der Waals surface area contributed by atoms with E-state index in [4.69, 9.17) is 0 Å². The molecule has 0 atom stereocenters. The van der Waals surface area contributed by atoms with E-state index in [2.05, 4.69) is 24.9 Å². The highest BCUT2D eigenvalue weighted by Gasteiger charge is 2.43. The van der Waals surface area contributed by atoms with E-state index in [0.717, 1.165) is 44.6 Å². The molecule has 8 heteroatoms. The SMILES string of the molecule is Cc1nc2nc(CN3CCC4(CCC(=O)N(C5CCCC5)C4)CC3)cc(=O)n2[nH]1. The second-order valence-corrected chi connectivity index (χ2v) is 9.27. The van der Waals surface area contributed by atoms with Gasteiger partial charge in [-0.1, -0.05) is 12.8 Å². The highest BCUT2D eigenvalue weighted by Crippen LogP contribution is 2.42. The normalized spacial score (nSPS) is 23.5. The maximum atomic E-state index is 12.5. The number of hydrogen-bond acceptors (Lipinski definition) is 5. The zero-order valence-corrected chi connectivity index (χ0v) is 17.2. The van der Waals surface area contributed by atoms with E-state index < -0.39 is 0 Å². The Labute approximate surface area is 170 Å². The van der Waals surface area contributed by atoms with E-state index in [0.29, 0.717) is 36.5 Å². The van der Waals surface area contributed by atoms with Gasteiger partial charge in [0.25, 0.3) is 11.3 Å². The number of nitrogens with one attached hydrogen (secondary N) is 1. The lowest BCUT2D eigenvalue weighted by Gasteiger charge is -2.49. The van der Waals surface area contributed by atoms with E-state index in [1.807, 2.05) is 6.92 Å². The van der Waals surface area contributed by atoms with Gasteiger partial charge in [0, 0.05) is 31.6 Å². The van der Waals surface area contributed by atoms with Gasteiger partial charge in [0.15, 0.2) is 0 Å². The van der Waals surface area contributed by atoms with Crippen LogP contribution in [0.3, 0.4) is 0 Å². The fourth-order valence-electron chi connectivity index (χ4n) is 5.53. The summed E-state index contributed by atoms with van der Waals surface area (Å²) in [6.45, 7) is 5.43. The average molecular weight is 399 g/mol. The van der Waals surface area contributed by atoms with Crippen LogP contribution in [0, 0.1) is 12.3 Å². The Kier molecular flexibility index (Phi) is 4.69. The van der Waals surface area contributed by atoms with Crippen molar-refractivity contribution >= 4 is 11.7 Å². The quantitative estimate of drug-likeness (QED) is 0.853. The van der Waals surface area contributed by atoms with Gasteiger partial charge in [0.05, 0.1) is 5.69 Å². The molecule has 1 N–H and O–H groups in total. The molecule has 156 valence electrons. The first-order valence-electron chi connectivity index (χ1n) is 11.0. The predicted molar refractivity (Wildman–Crippen MR) is 108 cm³/mol. The van der Waals surface area contributed by atoms with E-state index in [9.17, 15) is 9.59 Å². The van der Waals surface area contributed by atoms with Crippen molar-refractivity contribution in [1.82, 2.24) is 29.4 Å². The van der Waals surface area contributed by atoms with Crippen molar-refractivity contribution in [2.75, 3.05) is 19.6 Å². The third-order valence-corrected chi connectivity index (χ3v) is 7.26. The van der Waals surface area contributed by atoms with Crippen molar-refractivity contribution in [1.29, 1.82) is 0 Å². The Balaban J connectivity index is 1.24.